The van der Waals surface area contributed by atoms with Crippen molar-refractivity contribution in [2.24, 2.45) is 0 Å². The van der Waals surface area contributed by atoms with Crippen LogP contribution < -0.4 is 0 Å². The van der Waals surface area contributed by atoms with Crippen LogP contribution >= 0.6 is 11.3 Å². The van der Waals surface area contributed by atoms with Crippen LogP contribution in [-0.2, 0) is 6.42 Å². The van der Waals surface area contributed by atoms with Crippen LogP contribution in [0.15, 0.2) is 29.8 Å². The fourth-order valence-corrected chi connectivity index (χ4v) is 1.82. The van der Waals surface area contributed by atoms with E-state index in [-0.39, 0.29) is 11.6 Å². The zero-order valence-electron chi connectivity index (χ0n) is 7.27. The number of aromatic hydroxyl groups is 1. The zero-order chi connectivity index (χ0) is 9.97. The van der Waals surface area contributed by atoms with Crippen molar-refractivity contribution in [2.75, 3.05) is 0 Å². The molecule has 0 aliphatic carbocycles. The maximum atomic E-state index is 13.3. The van der Waals surface area contributed by atoms with Crippen molar-refractivity contribution in [3.05, 3.63) is 46.2 Å². The predicted octanol–water partition coefficient (Wildman–Crippen LogP) is 2.58. The second-order valence-electron chi connectivity index (χ2n) is 2.88. The first-order valence-electron chi connectivity index (χ1n) is 4.11. The monoisotopic (exact) mass is 209 g/mol. The second-order valence-corrected chi connectivity index (χ2v) is 3.86. The van der Waals surface area contributed by atoms with Crippen LogP contribution in [0.3, 0.4) is 0 Å². The predicted molar refractivity (Wildman–Crippen MR) is 53.0 cm³/mol. The molecule has 0 radical (unpaired) electrons. The lowest BCUT2D eigenvalue weighted by atomic mass is 10.1. The fourth-order valence-electron chi connectivity index (χ4n) is 1.18. The maximum Gasteiger partial charge on any atom is 0.130 e. The number of nitrogens with zero attached hydrogens (tertiary/aromatic N) is 1. The molecule has 0 saturated carbocycles. The Kier molecular flexibility index (Phi) is 2.45. The molecule has 0 fully saturated rings. The van der Waals surface area contributed by atoms with Crippen LogP contribution in [0.1, 0.15) is 10.6 Å². The highest BCUT2D eigenvalue weighted by atomic mass is 32.1. The van der Waals surface area contributed by atoms with Gasteiger partial charge in [-0.15, -0.1) is 11.3 Å². The molecule has 2 rings (SSSR count). The number of aromatic nitrogens is 1. The van der Waals surface area contributed by atoms with Crippen molar-refractivity contribution in [2.45, 2.75) is 6.42 Å². The van der Waals surface area contributed by atoms with E-state index in [2.05, 4.69) is 4.98 Å². The van der Waals surface area contributed by atoms with E-state index in [0.29, 0.717) is 12.0 Å². The van der Waals surface area contributed by atoms with Crippen LogP contribution in [0.25, 0.3) is 0 Å². The Morgan fingerprint density at radius 2 is 2.29 bits per heavy atom. The quantitative estimate of drug-likeness (QED) is 0.824. The number of phenolic OH excluding ortho intramolecular Hbond substituents is 1. The molecule has 0 amide bonds. The number of halogens is 1. The largest absolute Gasteiger partial charge is 0.508 e. The molecule has 1 heterocycles. The molecule has 0 saturated heterocycles. The molecule has 0 aliphatic rings. The summed E-state index contributed by atoms with van der Waals surface area (Å²) in [5.74, 6) is -0.439. The first-order chi connectivity index (χ1) is 6.75. The Hall–Kier alpha value is -1.42. The van der Waals surface area contributed by atoms with Gasteiger partial charge in [-0.25, -0.2) is 9.37 Å². The molecule has 0 atom stereocenters. The first-order valence-corrected chi connectivity index (χ1v) is 4.99. The van der Waals surface area contributed by atoms with E-state index in [4.69, 9.17) is 5.11 Å². The summed E-state index contributed by atoms with van der Waals surface area (Å²) in [6.07, 6.45) is 2.17. The number of hydrogen-bond donors (Lipinski definition) is 1. The van der Waals surface area contributed by atoms with Gasteiger partial charge >= 0.3 is 0 Å². The Balaban J connectivity index is 2.25. The van der Waals surface area contributed by atoms with E-state index in [1.165, 1.54) is 17.4 Å². The van der Waals surface area contributed by atoms with Crippen molar-refractivity contribution in [1.29, 1.82) is 0 Å². The van der Waals surface area contributed by atoms with Gasteiger partial charge in [-0.2, -0.15) is 0 Å². The molecule has 2 nitrogen and oxygen atoms in total. The maximum absolute atomic E-state index is 13.3. The van der Waals surface area contributed by atoms with Crippen molar-refractivity contribution in [3.8, 4) is 5.75 Å². The molecule has 0 aliphatic heterocycles. The third-order valence-electron chi connectivity index (χ3n) is 1.86. The standard InChI is InChI=1S/C10H8FNOS/c11-9-6-8(13)2-1-7(9)5-10-12-3-4-14-10/h1-4,6,13H,5H2. The summed E-state index contributed by atoms with van der Waals surface area (Å²) in [4.78, 5) is 4.06. The van der Waals surface area contributed by atoms with Crippen molar-refractivity contribution in [3.63, 3.8) is 0 Å². The van der Waals surface area contributed by atoms with E-state index < -0.39 is 0 Å². The molecule has 2 aromatic rings. The molecule has 1 N–H and O–H groups in total. The third-order valence-corrected chi connectivity index (χ3v) is 2.64. The van der Waals surface area contributed by atoms with E-state index in [1.807, 2.05) is 5.38 Å². The highest BCUT2D eigenvalue weighted by molar-refractivity contribution is 7.09. The van der Waals surface area contributed by atoms with Crippen molar-refractivity contribution >= 4 is 11.3 Å². The average molecular weight is 209 g/mol. The SMILES string of the molecule is Oc1ccc(Cc2nccs2)c(F)c1. The molecule has 1 aromatic heterocycles. The normalized spacial score (nSPS) is 10.4. The van der Waals surface area contributed by atoms with E-state index in [1.54, 1.807) is 12.3 Å². The molecule has 4 heteroatoms. The molecule has 72 valence electrons. The van der Waals surface area contributed by atoms with Gasteiger partial charge in [0.15, 0.2) is 0 Å². The van der Waals surface area contributed by atoms with Gasteiger partial charge in [0.1, 0.15) is 11.6 Å². The van der Waals surface area contributed by atoms with Gasteiger partial charge in [0.05, 0.1) is 5.01 Å². The first kappa shape index (κ1) is 9.15. The molecular formula is C10H8FNOS. The lowest BCUT2D eigenvalue weighted by Crippen LogP contribution is -1.91. The number of rotatable bonds is 2. The van der Waals surface area contributed by atoms with E-state index >= 15 is 0 Å². The Labute approximate surface area is 84.7 Å². The van der Waals surface area contributed by atoms with Gasteiger partial charge in [-0.3, -0.25) is 0 Å². The van der Waals surface area contributed by atoms with Crippen LogP contribution in [0.5, 0.6) is 5.75 Å². The zero-order valence-corrected chi connectivity index (χ0v) is 8.09. The summed E-state index contributed by atoms with van der Waals surface area (Å²) in [5, 5.41) is 11.7. The summed E-state index contributed by atoms with van der Waals surface area (Å²) < 4.78 is 13.3. The number of phenols is 1. The van der Waals surface area contributed by atoms with E-state index in [9.17, 15) is 4.39 Å². The summed E-state index contributed by atoms with van der Waals surface area (Å²) >= 11 is 1.49. The Morgan fingerprint density at radius 3 is 2.93 bits per heavy atom. The highest BCUT2D eigenvalue weighted by Crippen LogP contribution is 2.18. The lowest BCUT2D eigenvalue weighted by Gasteiger charge is -2.00. The summed E-state index contributed by atoms with van der Waals surface area (Å²) in [7, 11) is 0. The Morgan fingerprint density at radius 1 is 1.43 bits per heavy atom. The highest BCUT2D eigenvalue weighted by Gasteiger charge is 2.05. The van der Waals surface area contributed by atoms with Crippen molar-refractivity contribution < 1.29 is 9.50 Å². The lowest BCUT2D eigenvalue weighted by molar-refractivity contribution is 0.468. The number of benzene rings is 1. The van der Waals surface area contributed by atoms with E-state index in [0.717, 1.165) is 11.1 Å². The third kappa shape index (κ3) is 1.90. The minimum Gasteiger partial charge on any atom is -0.508 e. The molecular weight excluding hydrogens is 201 g/mol. The smallest absolute Gasteiger partial charge is 0.130 e. The van der Waals surface area contributed by atoms with Crippen LogP contribution in [0, 0.1) is 5.82 Å². The van der Waals surface area contributed by atoms with Gasteiger partial charge in [-0.1, -0.05) is 6.07 Å². The minimum atomic E-state index is -0.389. The number of hydrogen-bond acceptors (Lipinski definition) is 3. The van der Waals surface area contributed by atoms with Gasteiger partial charge in [0.25, 0.3) is 0 Å². The minimum absolute atomic E-state index is 0.0506. The van der Waals surface area contributed by atoms with Gasteiger partial charge in [0.2, 0.25) is 0 Å². The fraction of sp³-hybridized carbons (Fsp3) is 0.100. The average Bonchev–Trinajstić information content (AvgIpc) is 2.62. The van der Waals surface area contributed by atoms with Gasteiger partial charge in [0, 0.05) is 24.1 Å². The van der Waals surface area contributed by atoms with Gasteiger partial charge in [-0.05, 0) is 11.6 Å². The van der Waals surface area contributed by atoms with Gasteiger partial charge < -0.3 is 5.11 Å². The topological polar surface area (TPSA) is 33.1 Å². The molecule has 1 aromatic carbocycles. The second kappa shape index (κ2) is 3.75. The Bertz CT molecular complexity index is 428. The molecule has 14 heavy (non-hydrogen) atoms. The molecule has 0 spiro atoms. The van der Waals surface area contributed by atoms with Crippen molar-refractivity contribution in [1.82, 2.24) is 4.98 Å². The van der Waals surface area contributed by atoms with Crippen LogP contribution in [0.2, 0.25) is 0 Å². The summed E-state index contributed by atoms with van der Waals surface area (Å²) in [5.41, 5.74) is 0.553. The van der Waals surface area contributed by atoms with Crippen LogP contribution in [0.4, 0.5) is 4.39 Å². The molecule has 0 unspecified atom stereocenters. The molecule has 0 bridgehead atoms. The summed E-state index contributed by atoms with van der Waals surface area (Å²) in [6.45, 7) is 0. The summed E-state index contributed by atoms with van der Waals surface area (Å²) in [6, 6.07) is 4.17. The van der Waals surface area contributed by atoms with Crippen LogP contribution in [-0.4, -0.2) is 10.1 Å². The number of thiazole rings is 1.